The van der Waals surface area contributed by atoms with Crippen LogP contribution in [0.5, 0.6) is 0 Å². The predicted octanol–water partition coefficient (Wildman–Crippen LogP) is 1.98. The molecule has 1 heterocycles. The monoisotopic (exact) mass is 202 g/mol. The Hall–Kier alpha value is -1.61. The Morgan fingerprint density at radius 2 is 2.07 bits per heavy atom. The van der Waals surface area contributed by atoms with E-state index in [1.54, 1.807) is 12.5 Å². The largest absolute Gasteiger partial charge is 0.390 e. The minimum Gasteiger partial charge on any atom is -0.390 e. The molecule has 78 valence electrons. The van der Waals surface area contributed by atoms with Gasteiger partial charge in [-0.3, -0.25) is 0 Å². The number of aliphatic hydroxyl groups excluding tert-OH is 1. The third kappa shape index (κ3) is 1.92. The van der Waals surface area contributed by atoms with Gasteiger partial charge >= 0.3 is 0 Å². The van der Waals surface area contributed by atoms with Gasteiger partial charge in [0.05, 0.1) is 30.9 Å². The van der Waals surface area contributed by atoms with Crippen LogP contribution in [0.2, 0.25) is 0 Å². The van der Waals surface area contributed by atoms with Crippen LogP contribution in [0.3, 0.4) is 0 Å². The molecule has 0 saturated heterocycles. The summed E-state index contributed by atoms with van der Waals surface area (Å²) >= 11 is 0. The summed E-state index contributed by atoms with van der Waals surface area (Å²) in [4.78, 5) is 4.04. The molecule has 0 saturated carbocycles. The van der Waals surface area contributed by atoms with E-state index < -0.39 is 0 Å². The van der Waals surface area contributed by atoms with Crippen molar-refractivity contribution in [2.75, 3.05) is 0 Å². The van der Waals surface area contributed by atoms with Crippen molar-refractivity contribution in [2.24, 2.45) is 0 Å². The zero-order chi connectivity index (χ0) is 10.7. The van der Waals surface area contributed by atoms with Crippen molar-refractivity contribution in [2.45, 2.75) is 19.6 Å². The van der Waals surface area contributed by atoms with Gasteiger partial charge in [-0.2, -0.15) is 0 Å². The van der Waals surface area contributed by atoms with Gasteiger partial charge in [-0.1, -0.05) is 30.3 Å². The Morgan fingerprint density at radius 3 is 2.73 bits per heavy atom. The van der Waals surface area contributed by atoms with E-state index in [4.69, 9.17) is 5.11 Å². The van der Waals surface area contributed by atoms with Crippen LogP contribution in [-0.2, 0) is 6.61 Å². The van der Waals surface area contributed by atoms with Crippen molar-refractivity contribution >= 4 is 0 Å². The maximum absolute atomic E-state index is 9.14. The minimum atomic E-state index is 0.0250. The summed E-state index contributed by atoms with van der Waals surface area (Å²) < 4.78 is 1.98. The SMILES string of the molecule is CC(c1ccccc1)n1cncc1CO. The lowest BCUT2D eigenvalue weighted by Crippen LogP contribution is -2.08. The van der Waals surface area contributed by atoms with Gasteiger partial charge in [0.1, 0.15) is 0 Å². The molecule has 1 aromatic carbocycles. The molecule has 2 rings (SSSR count). The Morgan fingerprint density at radius 1 is 1.33 bits per heavy atom. The first kappa shape index (κ1) is 9.93. The van der Waals surface area contributed by atoms with Crippen LogP contribution in [0, 0.1) is 0 Å². The van der Waals surface area contributed by atoms with Crippen LogP contribution >= 0.6 is 0 Å². The molecule has 1 N–H and O–H groups in total. The van der Waals surface area contributed by atoms with E-state index in [2.05, 4.69) is 24.0 Å². The van der Waals surface area contributed by atoms with Crippen LogP contribution in [0.25, 0.3) is 0 Å². The van der Waals surface area contributed by atoms with Crippen LogP contribution in [0.4, 0.5) is 0 Å². The highest BCUT2D eigenvalue weighted by Crippen LogP contribution is 2.18. The molecule has 0 fully saturated rings. The quantitative estimate of drug-likeness (QED) is 0.826. The summed E-state index contributed by atoms with van der Waals surface area (Å²) in [6.07, 6.45) is 3.45. The fourth-order valence-corrected chi connectivity index (χ4v) is 1.70. The zero-order valence-corrected chi connectivity index (χ0v) is 8.67. The fourth-order valence-electron chi connectivity index (χ4n) is 1.70. The summed E-state index contributed by atoms with van der Waals surface area (Å²) in [7, 11) is 0. The molecule has 0 aliphatic carbocycles. The van der Waals surface area contributed by atoms with Crippen molar-refractivity contribution in [3.05, 3.63) is 54.1 Å². The number of aromatic nitrogens is 2. The Balaban J connectivity index is 2.32. The number of hydrogen-bond donors (Lipinski definition) is 1. The molecule has 0 amide bonds. The van der Waals surface area contributed by atoms with Gasteiger partial charge in [0.15, 0.2) is 0 Å². The molecule has 0 aliphatic heterocycles. The average molecular weight is 202 g/mol. The molecule has 1 aromatic heterocycles. The summed E-state index contributed by atoms with van der Waals surface area (Å²) in [5.41, 5.74) is 2.05. The van der Waals surface area contributed by atoms with Crippen molar-refractivity contribution in [3.8, 4) is 0 Å². The van der Waals surface area contributed by atoms with E-state index in [1.807, 2.05) is 22.8 Å². The number of benzene rings is 1. The predicted molar refractivity (Wildman–Crippen MR) is 58.4 cm³/mol. The third-order valence-electron chi connectivity index (χ3n) is 2.61. The fraction of sp³-hybridized carbons (Fsp3) is 0.250. The highest BCUT2D eigenvalue weighted by molar-refractivity contribution is 5.20. The van der Waals surface area contributed by atoms with E-state index in [-0.39, 0.29) is 12.6 Å². The van der Waals surface area contributed by atoms with Gasteiger partial charge in [0.25, 0.3) is 0 Å². The van der Waals surface area contributed by atoms with Gasteiger partial charge in [0, 0.05) is 0 Å². The lowest BCUT2D eigenvalue weighted by Gasteiger charge is -2.15. The Bertz CT molecular complexity index is 422. The molecule has 0 spiro atoms. The second-order valence-corrected chi connectivity index (χ2v) is 3.54. The smallest absolute Gasteiger partial charge is 0.0954 e. The number of nitrogens with zero attached hydrogens (tertiary/aromatic N) is 2. The summed E-state index contributed by atoms with van der Waals surface area (Å²) in [6.45, 7) is 2.12. The first-order valence-electron chi connectivity index (χ1n) is 4.99. The van der Waals surface area contributed by atoms with Gasteiger partial charge in [-0.05, 0) is 12.5 Å². The average Bonchev–Trinajstić information content (AvgIpc) is 2.77. The number of aliphatic hydroxyl groups is 1. The van der Waals surface area contributed by atoms with Crippen molar-refractivity contribution in [3.63, 3.8) is 0 Å². The normalized spacial score (nSPS) is 12.7. The Kier molecular flexibility index (Phi) is 2.83. The van der Waals surface area contributed by atoms with Gasteiger partial charge in [-0.15, -0.1) is 0 Å². The van der Waals surface area contributed by atoms with Crippen molar-refractivity contribution in [1.82, 2.24) is 9.55 Å². The molecule has 3 nitrogen and oxygen atoms in total. The maximum Gasteiger partial charge on any atom is 0.0954 e. The van der Waals surface area contributed by atoms with Crippen molar-refractivity contribution in [1.29, 1.82) is 0 Å². The van der Waals surface area contributed by atoms with Crippen LogP contribution in [-0.4, -0.2) is 14.7 Å². The molecule has 0 aliphatic rings. The molecule has 0 bridgehead atoms. The summed E-state index contributed by atoms with van der Waals surface area (Å²) in [5, 5.41) is 9.14. The first-order chi connectivity index (χ1) is 7.33. The first-order valence-corrected chi connectivity index (χ1v) is 4.99. The Labute approximate surface area is 89.0 Å². The molecular weight excluding hydrogens is 188 g/mol. The second kappa shape index (κ2) is 4.28. The molecule has 2 aromatic rings. The zero-order valence-electron chi connectivity index (χ0n) is 8.67. The summed E-state index contributed by atoms with van der Waals surface area (Å²) in [5.74, 6) is 0. The standard InChI is InChI=1S/C12H14N2O/c1-10(11-5-3-2-4-6-11)14-9-13-7-12(14)8-15/h2-7,9-10,15H,8H2,1H3. The van der Waals surface area contributed by atoms with Gasteiger partial charge in [0.2, 0.25) is 0 Å². The maximum atomic E-state index is 9.14. The van der Waals surface area contributed by atoms with Crippen LogP contribution < -0.4 is 0 Å². The van der Waals surface area contributed by atoms with E-state index in [0.717, 1.165) is 5.69 Å². The third-order valence-corrected chi connectivity index (χ3v) is 2.61. The van der Waals surface area contributed by atoms with Gasteiger partial charge < -0.3 is 9.67 Å². The number of hydrogen-bond acceptors (Lipinski definition) is 2. The highest BCUT2D eigenvalue weighted by atomic mass is 16.3. The molecule has 3 heteroatoms. The van der Waals surface area contributed by atoms with E-state index in [1.165, 1.54) is 5.56 Å². The van der Waals surface area contributed by atoms with Crippen LogP contribution in [0.1, 0.15) is 24.2 Å². The minimum absolute atomic E-state index is 0.0250. The lowest BCUT2D eigenvalue weighted by molar-refractivity contribution is 0.269. The molecule has 15 heavy (non-hydrogen) atoms. The summed E-state index contributed by atoms with van der Waals surface area (Å²) in [6, 6.07) is 10.4. The van der Waals surface area contributed by atoms with Crippen LogP contribution in [0.15, 0.2) is 42.9 Å². The van der Waals surface area contributed by atoms with E-state index in [0.29, 0.717) is 0 Å². The lowest BCUT2D eigenvalue weighted by atomic mass is 10.1. The molecule has 1 unspecified atom stereocenters. The van der Waals surface area contributed by atoms with Gasteiger partial charge in [-0.25, -0.2) is 4.98 Å². The van der Waals surface area contributed by atoms with E-state index in [9.17, 15) is 0 Å². The molecule has 1 atom stereocenters. The molecular formula is C12H14N2O. The highest BCUT2D eigenvalue weighted by Gasteiger charge is 2.10. The molecule has 0 radical (unpaired) electrons. The van der Waals surface area contributed by atoms with Crippen molar-refractivity contribution < 1.29 is 5.11 Å². The topological polar surface area (TPSA) is 38.0 Å². The van der Waals surface area contributed by atoms with E-state index >= 15 is 0 Å². The second-order valence-electron chi connectivity index (χ2n) is 3.54. The number of imidazole rings is 1. The number of rotatable bonds is 3.